The van der Waals surface area contributed by atoms with Crippen molar-refractivity contribution in [2.45, 2.75) is 55.2 Å². The highest BCUT2D eigenvalue weighted by Gasteiger charge is 2.53. The lowest BCUT2D eigenvalue weighted by Crippen LogP contribution is -2.54. The van der Waals surface area contributed by atoms with E-state index in [1.807, 2.05) is 25.7 Å². The Morgan fingerprint density at radius 1 is 1.43 bits per heavy atom. The SMILES string of the molecule is CC(C)(C)OC(=O)N1[C@H]2CC(I)[C@@H]1C2. The summed E-state index contributed by atoms with van der Waals surface area (Å²) in [5.74, 6) is 0. The Balaban J connectivity index is 1.95. The van der Waals surface area contributed by atoms with Crippen molar-refractivity contribution >= 4 is 28.7 Å². The predicted molar refractivity (Wildman–Crippen MR) is 62.7 cm³/mol. The van der Waals surface area contributed by atoms with Crippen molar-refractivity contribution in [3.8, 4) is 0 Å². The van der Waals surface area contributed by atoms with E-state index in [0.717, 1.165) is 6.42 Å². The lowest BCUT2D eigenvalue weighted by Gasteiger charge is -2.41. The summed E-state index contributed by atoms with van der Waals surface area (Å²) in [4.78, 5) is 13.7. The molecule has 3 atom stereocenters. The van der Waals surface area contributed by atoms with Gasteiger partial charge in [0, 0.05) is 16.0 Å². The van der Waals surface area contributed by atoms with Crippen LogP contribution in [0.2, 0.25) is 0 Å². The molecular weight excluding hydrogens is 293 g/mol. The van der Waals surface area contributed by atoms with Crippen LogP contribution in [-0.4, -0.2) is 32.6 Å². The molecule has 0 aromatic carbocycles. The van der Waals surface area contributed by atoms with Gasteiger partial charge in [-0.1, -0.05) is 22.6 Å². The van der Waals surface area contributed by atoms with Crippen LogP contribution >= 0.6 is 22.6 Å². The van der Waals surface area contributed by atoms with E-state index >= 15 is 0 Å². The van der Waals surface area contributed by atoms with E-state index in [9.17, 15) is 4.79 Å². The zero-order valence-electron chi connectivity index (χ0n) is 8.79. The topological polar surface area (TPSA) is 29.5 Å². The van der Waals surface area contributed by atoms with Crippen LogP contribution in [0.4, 0.5) is 4.79 Å². The summed E-state index contributed by atoms with van der Waals surface area (Å²) < 4.78 is 5.98. The number of alkyl halides is 1. The van der Waals surface area contributed by atoms with Crippen LogP contribution in [0.15, 0.2) is 0 Å². The Morgan fingerprint density at radius 2 is 2.07 bits per heavy atom. The molecule has 2 aliphatic heterocycles. The van der Waals surface area contributed by atoms with E-state index in [-0.39, 0.29) is 11.7 Å². The number of fused-ring (bicyclic) bond motifs is 1. The number of hydrogen-bond donors (Lipinski definition) is 0. The van der Waals surface area contributed by atoms with Gasteiger partial charge in [-0.05, 0) is 33.6 Å². The van der Waals surface area contributed by atoms with E-state index in [1.54, 1.807) is 0 Å². The van der Waals surface area contributed by atoms with Crippen LogP contribution in [0.5, 0.6) is 0 Å². The molecule has 0 radical (unpaired) electrons. The van der Waals surface area contributed by atoms with Crippen LogP contribution in [0, 0.1) is 0 Å². The van der Waals surface area contributed by atoms with Gasteiger partial charge in [0.15, 0.2) is 0 Å². The van der Waals surface area contributed by atoms with Crippen molar-refractivity contribution < 1.29 is 9.53 Å². The maximum Gasteiger partial charge on any atom is 0.410 e. The molecule has 2 bridgehead atoms. The number of halogens is 1. The Bertz CT molecular complexity index is 261. The molecule has 3 rings (SSSR count). The molecule has 3 nitrogen and oxygen atoms in total. The third kappa shape index (κ3) is 1.73. The van der Waals surface area contributed by atoms with Gasteiger partial charge in [0.2, 0.25) is 0 Å². The summed E-state index contributed by atoms with van der Waals surface area (Å²) in [6.07, 6.45) is 2.19. The molecule has 1 aliphatic carbocycles. The summed E-state index contributed by atoms with van der Waals surface area (Å²) >= 11 is 2.44. The molecule has 0 N–H and O–H groups in total. The highest BCUT2D eigenvalue weighted by atomic mass is 127. The summed E-state index contributed by atoms with van der Waals surface area (Å²) in [5, 5.41) is 0. The minimum Gasteiger partial charge on any atom is -0.444 e. The second-order valence-electron chi connectivity index (χ2n) is 5.10. The molecule has 3 aliphatic rings. The average Bonchev–Trinajstić information content (AvgIpc) is 2.37. The maximum absolute atomic E-state index is 11.7. The number of ether oxygens (including phenoxy) is 1. The monoisotopic (exact) mass is 309 g/mol. The fourth-order valence-corrected chi connectivity index (χ4v) is 3.41. The molecule has 1 amide bonds. The first-order valence-corrected chi connectivity index (χ1v) is 6.28. The van der Waals surface area contributed by atoms with Crippen molar-refractivity contribution in [1.29, 1.82) is 0 Å². The first-order valence-electron chi connectivity index (χ1n) is 5.04. The number of carbonyl (C=O) groups is 1. The molecule has 1 saturated carbocycles. The predicted octanol–water partition coefficient (Wildman–Crippen LogP) is 2.57. The molecule has 2 heterocycles. The van der Waals surface area contributed by atoms with Gasteiger partial charge in [-0.3, -0.25) is 0 Å². The summed E-state index contributed by atoms with van der Waals surface area (Å²) in [5.41, 5.74) is -0.368. The van der Waals surface area contributed by atoms with Crippen LogP contribution in [0.25, 0.3) is 0 Å². The second kappa shape index (κ2) is 3.25. The third-order valence-electron chi connectivity index (χ3n) is 2.78. The zero-order valence-corrected chi connectivity index (χ0v) is 10.9. The normalized spacial score (nSPS) is 35.4. The van der Waals surface area contributed by atoms with Gasteiger partial charge in [-0.25, -0.2) is 4.79 Å². The smallest absolute Gasteiger partial charge is 0.410 e. The molecule has 14 heavy (non-hydrogen) atoms. The molecule has 1 unspecified atom stereocenters. The molecule has 2 saturated heterocycles. The zero-order chi connectivity index (χ0) is 10.5. The van der Waals surface area contributed by atoms with Crippen molar-refractivity contribution in [2.24, 2.45) is 0 Å². The Labute approximate surface area is 98.3 Å². The lowest BCUT2D eigenvalue weighted by molar-refractivity contribution is -0.00846. The van der Waals surface area contributed by atoms with Crippen LogP contribution in [-0.2, 0) is 4.74 Å². The van der Waals surface area contributed by atoms with Crippen molar-refractivity contribution in [2.75, 3.05) is 0 Å². The molecule has 0 spiro atoms. The third-order valence-corrected chi connectivity index (χ3v) is 4.12. The average molecular weight is 309 g/mol. The maximum atomic E-state index is 11.7. The van der Waals surface area contributed by atoms with E-state index in [4.69, 9.17) is 4.74 Å². The van der Waals surface area contributed by atoms with Gasteiger partial charge in [0.05, 0.1) is 0 Å². The molecule has 4 heteroatoms. The summed E-state index contributed by atoms with van der Waals surface area (Å²) in [7, 11) is 0. The molecular formula is C10H16INO2. The summed E-state index contributed by atoms with van der Waals surface area (Å²) in [6.45, 7) is 5.73. The molecule has 0 aromatic heterocycles. The Morgan fingerprint density at radius 3 is 2.43 bits per heavy atom. The largest absolute Gasteiger partial charge is 0.444 e. The van der Waals surface area contributed by atoms with Crippen LogP contribution in [0.1, 0.15) is 33.6 Å². The molecule has 0 aromatic rings. The number of amides is 1. The van der Waals surface area contributed by atoms with Crippen LogP contribution < -0.4 is 0 Å². The second-order valence-corrected chi connectivity index (χ2v) is 6.70. The first kappa shape index (κ1) is 10.5. The Kier molecular flexibility index (Phi) is 2.44. The number of hydrogen-bond acceptors (Lipinski definition) is 2. The Hall–Kier alpha value is 0. The minimum atomic E-state index is -0.368. The van der Waals surface area contributed by atoms with Crippen molar-refractivity contribution in [3.63, 3.8) is 0 Å². The fraction of sp³-hybridized carbons (Fsp3) is 0.900. The molecule has 3 fully saturated rings. The number of nitrogens with zero attached hydrogens (tertiary/aromatic N) is 1. The van der Waals surface area contributed by atoms with Gasteiger partial charge >= 0.3 is 6.09 Å². The molecule has 80 valence electrons. The van der Waals surface area contributed by atoms with Gasteiger partial charge in [0.1, 0.15) is 5.60 Å². The van der Waals surface area contributed by atoms with Crippen molar-refractivity contribution in [3.05, 3.63) is 0 Å². The highest BCUT2D eigenvalue weighted by molar-refractivity contribution is 14.1. The van der Waals surface area contributed by atoms with E-state index < -0.39 is 0 Å². The standard InChI is InChI=1S/C10H16INO2/c1-10(2,3)14-9(13)12-6-4-7(11)8(12)5-6/h6-8H,4-5H2,1-3H3/t6-,7?,8-/m0/s1. The minimum absolute atomic E-state index is 0.127. The van der Waals surface area contributed by atoms with Crippen molar-refractivity contribution in [1.82, 2.24) is 4.90 Å². The van der Waals surface area contributed by atoms with E-state index in [0.29, 0.717) is 16.0 Å². The summed E-state index contributed by atoms with van der Waals surface area (Å²) in [6, 6.07) is 0.896. The number of carbonyl (C=O) groups excluding carboxylic acids is 1. The van der Waals surface area contributed by atoms with E-state index in [1.165, 1.54) is 6.42 Å². The lowest BCUT2D eigenvalue weighted by atomic mass is 10.1. The van der Waals surface area contributed by atoms with Gasteiger partial charge < -0.3 is 9.64 Å². The van der Waals surface area contributed by atoms with E-state index in [2.05, 4.69) is 22.6 Å². The fourth-order valence-electron chi connectivity index (χ4n) is 2.19. The quantitative estimate of drug-likeness (QED) is 0.508. The number of rotatable bonds is 0. The van der Waals surface area contributed by atoms with Crippen LogP contribution in [0.3, 0.4) is 0 Å². The first-order chi connectivity index (χ1) is 6.38. The van der Waals surface area contributed by atoms with Gasteiger partial charge in [0.25, 0.3) is 0 Å². The highest BCUT2D eigenvalue weighted by Crippen LogP contribution is 2.45. The van der Waals surface area contributed by atoms with Gasteiger partial charge in [-0.2, -0.15) is 0 Å². The van der Waals surface area contributed by atoms with Gasteiger partial charge in [-0.15, -0.1) is 0 Å².